The molecule has 0 radical (unpaired) electrons. The van der Waals surface area contributed by atoms with Crippen LogP contribution in [0, 0.1) is 0 Å². The third-order valence-corrected chi connectivity index (χ3v) is 4.32. The number of carbonyl (C=O) groups is 3. The molecular weight excluding hydrogens is 332 g/mol. The van der Waals surface area contributed by atoms with E-state index >= 15 is 0 Å². The van der Waals surface area contributed by atoms with Gasteiger partial charge in [-0.2, -0.15) is 0 Å². The van der Waals surface area contributed by atoms with Crippen molar-refractivity contribution in [2.45, 2.75) is 26.0 Å². The number of hydrogen-bond donors (Lipinski definition) is 1. The van der Waals surface area contributed by atoms with E-state index in [9.17, 15) is 14.4 Å². The summed E-state index contributed by atoms with van der Waals surface area (Å²) < 4.78 is 5.30. The second kappa shape index (κ2) is 7.39. The molecule has 1 aliphatic heterocycles. The lowest BCUT2D eigenvalue weighted by molar-refractivity contribution is -0.128. The number of nitrogens with one attached hydrogen (secondary N) is 1. The third-order valence-electron chi connectivity index (χ3n) is 4.32. The van der Waals surface area contributed by atoms with E-state index in [1.807, 2.05) is 24.3 Å². The number of esters is 1. The lowest BCUT2D eigenvalue weighted by Gasteiger charge is -2.16. The molecule has 3 rings (SSSR count). The number of nitrogens with zero attached hydrogens (tertiary/aromatic N) is 1. The molecule has 2 aromatic rings. The minimum atomic E-state index is -0.564. The van der Waals surface area contributed by atoms with Gasteiger partial charge < -0.3 is 15.0 Å². The van der Waals surface area contributed by atoms with Gasteiger partial charge in [0.05, 0.1) is 12.0 Å². The Bertz CT molecular complexity index is 862. The Hall–Kier alpha value is -3.15. The van der Waals surface area contributed by atoms with Crippen LogP contribution in [0.4, 0.5) is 5.69 Å². The summed E-state index contributed by atoms with van der Waals surface area (Å²) in [6.45, 7) is 1.97. The number of cyclic esters (lactones) is 1. The van der Waals surface area contributed by atoms with Crippen LogP contribution in [0.25, 0.3) is 0 Å². The maximum Gasteiger partial charge on any atom is 0.339 e. The Morgan fingerprint density at radius 2 is 1.92 bits per heavy atom. The van der Waals surface area contributed by atoms with E-state index in [0.29, 0.717) is 17.8 Å². The Morgan fingerprint density at radius 3 is 2.69 bits per heavy atom. The summed E-state index contributed by atoms with van der Waals surface area (Å²) in [4.78, 5) is 37.1. The van der Waals surface area contributed by atoms with Crippen LogP contribution < -0.4 is 5.32 Å². The van der Waals surface area contributed by atoms with Crippen molar-refractivity contribution in [2.24, 2.45) is 0 Å². The number of carbonyl (C=O) groups excluding carboxylic acids is 3. The zero-order valence-corrected chi connectivity index (χ0v) is 14.7. The van der Waals surface area contributed by atoms with Gasteiger partial charge in [-0.05, 0) is 23.8 Å². The van der Waals surface area contributed by atoms with Crippen LogP contribution in [0.2, 0.25) is 0 Å². The third kappa shape index (κ3) is 3.91. The number of anilines is 1. The van der Waals surface area contributed by atoms with Gasteiger partial charge in [-0.25, -0.2) is 4.79 Å². The van der Waals surface area contributed by atoms with Gasteiger partial charge in [-0.15, -0.1) is 0 Å². The van der Waals surface area contributed by atoms with Gasteiger partial charge in [0.25, 0.3) is 0 Å². The van der Waals surface area contributed by atoms with Crippen molar-refractivity contribution in [1.82, 2.24) is 4.90 Å². The molecule has 1 aliphatic rings. The summed E-state index contributed by atoms with van der Waals surface area (Å²) in [5.41, 5.74) is 2.81. The standard InChI is InChI=1S/C20H20N2O4/c1-13(23)22(2)12-14-6-5-7-15(10-14)21-19(24)11-18-16-8-3-4-9-17(16)20(25)26-18/h3-10,18H,11-12H2,1-2H3,(H,21,24). The summed E-state index contributed by atoms with van der Waals surface area (Å²) >= 11 is 0. The van der Waals surface area contributed by atoms with Crippen LogP contribution >= 0.6 is 0 Å². The van der Waals surface area contributed by atoms with Gasteiger partial charge in [0, 0.05) is 31.8 Å². The number of benzene rings is 2. The molecule has 1 unspecified atom stereocenters. The zero-order chi connectivity index (χ0) is 18.7. The predicted molar refractivity (Wildman–Crippen MR) is 96.4 cm³/mol. The van der Waals surface area contributed by atoms with Crippen molar-refractivity contribution < 1.29 is 19.1 Å². The normalized spacial score (nSPS) is 15.2. The first-order valence-electron chi connectivity index (χ1n) is 8.34. The topological polar surface area (TPSA) is 75.7 Å². The van der Waals surface area contributed by atoms with Gasteiger partial charge >= 0.3 is 5.97 Å². The molecule has 0 aliphatic carbocycles. The first-order chi connectivity index (χ1) is 12.4. The summed E-state index contributed by atoms with van der Waals surface area (Å²) in [5.74, 6) is -0.662. The van der Waals surface area contributed by atoms with Crippen molar-refractivity contribution in [2.75, 3.05) is 12.4 Å². The number of ether oxygens (including phenoxy) is 1. The largest absolute Gasteiger partial charge is 0.453 e. The molecule has 1 heterocycles. The van der Waals surface area contributed by atoms with Gasteiger partial charge in [-0.1, -0.05) is 30.3 Å². The average molecular weight is 352 g/mol. The Balaban J connectivity index is 1.64. The van der Waals surface area contributed by atoms with Crippen LogP contribution in [0.15, 0.2) is 48.5 Å². The van der Waals surface area contributed by atoms with Gasteiger partial charge in [0.15, 0.2) is 0 Å². The van der Waals surface area contributed by atoms with E-state index in [0.717, 1.165) is 11.1 Å². The fourth-order valence-electron chi connectivity index (χ4n) is 2.88. The quantitative estimate of drug-likeness (QED) is 0.840. The summed E-state index contributed by atoms with van der Waals surface area (Å²) in [7, 11) is 1.72. The minimum absolute atomic E-state index is 0.0267. The molecule has 2 amide bonds. The lowest BCUT2D eigenvalue weighted by atomic mass is 10.0. The monoisotopic (exact) mass is 352 g/mol. The SMILES string of the molecule is CC(=O)N(C)Cc1cccc(NC(=O)CC2OC(=O)c3ccccc32)c1. The highest BCUT2D eigenvalue weighted by Gasteiger charge is 2.32. The maximum atomic E-state index is 12.4. The summed E-state index contributed by atoms with van der Waals surface area (Å²) in [6.07, 6.45) is -0.508. The van der Waals surface area contributed by atoms with Gasteiger partial charge in [0.1, 0.15) is 6.10 Å². The lowest BCUT2D eigenvalue weighted by Crippen LogP contribution is -2.23. The fraction of sp³-hybridized carbons (Fsp3) is 0.250. The minimum Gasteiger partial charge on any atom is -0.453 e. The van der Waals surface area contributed by atoms with Crippen LogP contribution in [0.1, 0.15) is 40.9 Å². The van der Waals surface area contributed by atoms with E-state index < -0.39 is 12.1 Å². The number of rotatable bonds is 5. The second-order valence-corrected chi connectivity index (χ2v) is 6.31. The molecule has 0 saturated heterocycles. The molecular formula is C20H20N2O4. The van der Waals surface area contributed by atoms with Crippen LogP contribution in [0.5, 0.6) is 0 Å². The van der Waals surface area contributed by atoms with E-state index in [2.05, 4.69) is 5.32 Å². The summed E-state index contributed by atoms with van der Waals surface area (Å²) in [5, 5.41) is 2.82. The first-order valence-corrected chi connectivity index (χ1v) is 8.34. The Kier molecular flexibility index (Phi) is 5.02. The highest BCUT2D eigenvalue weighted by molar-refractivity contribution is 5.96. The first kappa shape index (κ1) is 17.7. The Morgan fingerprint density at radius 1 is 1.15 bits per heavy atom. The molecule has 1 N–H and O–H groups in total. The molecule has 0 aromatic heterocycles. The molecule has 134 valence electrons. The Labute approximate surface area is 151 Å². The molecule has 0 fully saturated rings. The molecule has 6 nitrogen and oxygen atoms in total. The van der Waals surface area contributed by atoms with E-state index in [1.54, 1.807) is 36.2 Å². The molecule has 0 spiro atoms. The van der Waals surface area contributed by atoms with Crippen molar-refractivity contribution in [3.05, 3.63) is 65.2 Å². The maximum absolute atomic E-state index is 12.4. The fourth-order valence-corrected chi connectivity index (χ4v) is 2.88. The molecule has 0 saturated carbocycles. The second-order valence-electron chi connectivity index (χ2n) is 6.31. The molecule has 26 heavy (non-hydrogen) atoms. The van der Waals surface area contributed by atoms with Crippen molar-refractivity contribution in [3.63, 3.8) is 0 Å². The smallest absolute Gasteiger partial charge is 0.339 e. The number of fused-ring (bicyclic) bond motifs is 1. The average Bonchev–Trinajstić information content (AvgIpc) is 2.91. The predicted octanol–water partition coefficient (Wildman–Crippen LogP) is 2.91. The van der Waals surface area contributed by atoms with Crippen molar-refractivity contribution in [1.29, 1.82) is 0 Å². The van der Waals surface area contributed by atoms with Gasteiger partial charge in [0.2, 0.25) is 11.8 Å². The molecule has 0 bridgehead atoms. The highest BCUT2D eigenvalue weighted by atomic mass is 16.5. The van der Waals surface area contributed by atoms with Crippen molar-refractivity contribution in [3.8, 4) is 0 Å². The van der Waals surface area contributed by atoms with E-state index in [4.69, 9.17) is 4.74 Å². The van der Waals surface area contributed by atoms with Crippen LogP contribution in [-0.4, -0.2) is 29.7 Å². The molecule has 1 atom stereocenters. The summed E-state index contributed by atoms with van der Waals surface area (Å²) in [6, 6.07) is 14.4. The van der Waals surface area contributed by atoms with E-state index in [-0.39, 0.29) is 18.2 Å². The van der Waals surface area contributed by atoms with Crippen molar-refractivity contribution >= 4 is 23.5 Å². The van der Waals surface area contributed by atoms with Crippen LogP contribution in [0.3, 0.4) is 0 Å². The molecule has 6 heteroatoms. The zero-order valence-electron chi connectivity index (χ0n) is 14.7. The van der Waals surface area contributed by atoms with E-state index in [1.165, 1.54) is 6.92 Å². The highest BCUT2D eigenvalue weighted by Crippen LogP contribution is 2.32. The van der Waals surface area contributed by atoms with Crippen LogP contribution in [-0.2, 0) is 20.9 Å². The number of hydrogen-bond acceptors (Lipinski definition) is 4. The number of amides is 2. The van der Waals surface area contributed by atoms with Gasteiger partial charge in [-0.3, -0.25) is 9.59 Å². The molecule has 2 aromatic carbocycles.